The molecule has 0 radical (unpaired) electrons. The SMILES string of the molecule is CCNC(=O)Nc1ccc2ncc(Nc3ccc(C)cc3O)nc2n1. The summed E-state index contributed by atoms with van der Waals surface area (Å²) in [6, 6.07) is 8.35. The third kappa shape index (κ3) is 3.92. The first-order valence-corrected chi connectivity index (χ1v) is 7.80. The fourth-order valence-corrected chi connectivity index (χ4v) is 2.23. The Morgan fingerprint density at radius 3 is 2.72 bits per heavy atom. The summed E-state index contributed by atoms with van der Waals surface area (Å²) in [5, 5.41) is 18.2. The Bertz CT molecular complexity index is 928. The van der Waals surface area contributed by atoms with Gasteiger partial charge in [-0.1, -0.05) is 6.07 Å². The molecule has 0 bridgehead atoms. The molecule has 8 heteroatoms. The Kier molecular flexibility index (Phi) is 4.60. The monoisotopic (exact) mass is 338 g/mol. The molecule has 0 aliphatic rings. The molecule has 2 heterocycles. The molecule has 2 aromatic heterocycles. The molecule has 0 aliphatic carbocycles. The molecule has 0 saturated heterocycles. The van der Waals surface area contributed by atoms with E-state index in [0.29, 0.717) is 35.0 Å². The number of phenolic OH excluding ortho intramolecular Hbond substituents is 1. The Morgan fingerprint density at radius 2 is 1.96 bits per heavy atom. The van der Waals surface area contributed by atoms with Crippen molar-refractivity contribution in [2.24, 2.45) is 0 Å². The minimum absolute atomic E-state index is 0.126. The largest absolute Gasteiger partial charge is 0.506 e. The van der Waals surface area contributed by atoms with Crippen LogP contribution in [0.2, 0.25) is 0 Å². The van der Waals surface area contributed by atoms with Crippen LogP contribution in [0.25, 0.3) is 11.2 Å². The molecule has 4 N–H and O–H groups in total. The van der Waals surface area contributed by atoms with Gasteiger partial charge in [0.1, 0.15) is 17.1 Å². The number of amides is 2. The Balaban J connectivity index is 1.86. The predicted octanol–water partition coefficient (Wildman–Crippen LogP) is 2.92. The number of aromatic nitrogens is 3. The van der Waals surface area contributed by atoms with E-state index in [4.69, 9.17) is 0 Å². The summed E-state index contributed by atoms with van der Waals surface area (Å²) in [6.07, 6.45) is 1.56. The second kappa shape index (κ2) is 7.00. The van der Waals surface area contributed by atoms with Crippen molar-refractivity contribution in [3.63, 3.8) is 0 Å². The van der Waals surface area contributed by atoms with Crippen LogP contribution in [0.15, 0.2) is 36.5 Å². The van der Waals surface area contributed by atoms with E-state index in [2.05, 4.69) is 30.9 Å². The number of carbonyl (C=O) groups is 1. The molecule has 3 aromatic rings. The van der Waals surface area contributed by atoms with Crippen LogP contribution >= 0.6 is 0 Å². The maximum atomic E-state index is 11.6. The van der Waals surface area contributed by atoms with Crippen molar-refractivity contribution in [1.29, 1.82) is 0 Å². The summed E-state index contributed by atoms with van der Waals surface area (Å²) in [4.78, 5) is 24.5. The van der Waals surface area contributed by atoms with Crippen molar-refractivity contribution in [1.82, 2.24) is 20.3 Å². The Labute approximate surface area is 144 Å². The predicted molar refractivity (Wildman–Crippen MR) is 96.2 cm³/mol. The lowest BCUT2D eigenvalue weighted by Crippen LogP contribution is -2.28. The Morgan fingerprint density at radius 1 is 1.16 bits per heavy atom. The number of nitrogens with zero attached hydrogens (tertiary/aromatic N) is 3. The molecule has 0 spiro atoms. The number of nitrogens with one attached hydrogen (secondary N) is 3. The van der Waals surface area contributed by atoms with Gasteiger partial charge in [-0.2, -0.15) is 0 Å². The molecular formula is C17H18N6O2. The van der Waals surface area contributed by atoms with Gasteiger partial charge in [0.15, 0.2) is 11.5 Å². The van der Waals surface area contributed by atoms with Gasteiger partial charge in [0.25, 0.3) is 0 Å². The third-order valence-corrected chi connectivity index (χ3v) is 3.40. The van der Waals surface area contributed by atoms with Crippen molar-refractivity contribution < 1.29 is 9.90 Å². The average Bonchev–Trinajstić information content (AvgIpc) is 2.57. The van der Waals surface area contributed by atoms with E-state index in [1.807, 2.05) is 19.9 Å². The minimum atomic E-state index is -0.332. The van der Waals surface area contributed by atoms with E-state index in [0.717, 1.165) is 5.56 Å². The molecule has 0 saturated carbocycles. The number of urea groups is 1. The van der Waals surface area contributed by atoms with Crippen molar-refractivity contribution in [2.45, 2.75) is 13.8 Å². The van der Waals surface area contributed by atoms with Gasteiger partial charge in [-0.15, -0.1) is 0 Å². The zero-order valence-electron chi connectivity index (χ0n) is 13.9. The number of anilines is 3. The number of benzene rings is 1. The lowest BCUT2D eigenvalue weighted by Gasteiger charge is -2.09. The maximum absolute atomic E-state index is 11.6. The molecule has 8 nitrogen and oxygen atoms in total. The smallest absolute Gasteiger partial charge is 0.320 e. The van der Waals surface area contributed by atoms with Crippen LogP contribution in [-0.2, 0) is 0 Å². The highest BCUT2D eigenvalue weighted by atomic mass is 16.3. The topological polar surface area (TPSA) is 112 Å². The fraction of sp³-hybridized carbons (Fsp3) is 0.176. The summed E-state index contributed by atoms with van der Waals surface area (Å²) in [5.74, 6) is 0.943. The summed E-state index contributed by atoms with van der Waals surface area (Å²) in [7, 11) is 0. The van der Waals surface area contributed by atoms with E-state index < -0.39 is 0 Å². The first-order valence-electron chi connectivity index (χ1n) is 7.80. The fourth-order valence-electron chi connectivity index (χ4n) is 2.23. The van der Waals surface area contributed by atoms with Crippen LogP contribution in [0.3, 0.4) is 0 Å². The lowest BCUT2D eigenvalue weighted by molar-refractivity contribution is 0.252. The number of rotatable bonds is 4. The number of phenols is 1. The van der Waals surface area contributed by atoms with Crippen LogP contribution < -0.4 is 16.0 Å². The van der Waals surface area contributed by atoms with Gasteiger partial charge in [-0.25, -0.2) is 19.7 Å². The molecule has 3 rings (SSSR count). The Hall–Kier alpha value is -3.42. The summed E-state index contributed by atoms with van der Waals surface area (Å²) < 4.78 is 0. The number of aryl methyl sites for hydroxylation is 1. The quantitative estimate of drug-likeness (QED) is 0.544. The van der Waals surface area contributed by atoms with Gasteiger partial charge >= 0.3 is 6.03 Å². The van der Waals surface area contributed by atoms with E-state index in [-0.39, 0.29) is 11.8 Å². The van der Waals surface area contributed by atoms with Crippen LogP contribution in [0.5, 0.6) is 5.75 Å². The number of hydrogen-bond donors (Lipinski definition) is 4. The first-order chi connectivity index (χ1) is 12.0. The number of hydrogen-bond acceptors (Lipinski definition) is 6. The average molecular weight is 338 g/mol. The normalized spacial score (nSPS) is 10.5. The number of fused-ring (bicyclic) bond motifs is 1. The molecule has 0 fully saturated rings. The van der Waals surface area contributed by atoms with Crippen LogP contribution in [0.1, 0.15) is 12.5 Å². The maximum Gasteiger partial charge on any atom is 0.320 e. The van der Waals surface area contributed by atoms with E-state index >= 15 is 0 Å². The zero-order chi connectivity index (χ0) is 17.8. The van der Waals surface area contributed by atoms with Crippen molar-refractivity contribution in [3.8, 4) is 5.75 Å². The number of aromatic hydroxyl groups is 1. The van der Waals surface area contributed by atoms with Gasteiger partial charge in [0.2, 0.25) is 0 Å². The molecular weight excluding hydrogens is 320 g/mol. The molecule has 2 amide bonds. The second-order valence-electron chi connectivity index (χ2n) is 5.42. The van der Waals surface area contributed by atoms with Gasteiger partial charge in [-0.3, -0.25) is 5.32 Å². The van der Waals surface area contributed by atoms with Crippen LogP contribution in [0.4, 0.5) is 22.1 Å². The number of carbonyl (C=O) groups excluding carboxylic acids is 1. The standard InChI is InChI=1S/C17H18N6O2/c1-3-18-17(25)23-14-7-6-12-16(21-14)22-15(9-19-12)20-11-5-4-10(2)8-13(11)24/h4-9,24H,3H2,1-2H3,(H3,18,20,21,22,23,25). The van der Waals surface area contributed by atoms with Crippen molar-refractivity contribution in [3.05, 3.63) is 42.1 Å². The summed E-state index contributed by atoms with van der Waals surface area (Å²) in [5.41, 5.74) is 2.46. The molecule has 25 heavy (non-hydrogen) atoms. The molecule has 0 unspecified atom stereocenters. The highest BCUT2D eigenvalue weighted by Gasteiger charge is 2.07. The van der Waals surface area contributed by atoms with Crippen molar-refractivity contribution >= 4 is 34.5 Å². The van der Waals surface area contributed by atoms with Gasteiger partial charge in [-0.05, 0) is 43.7 Å². The molecule has 0 aliphatic heterocycles. The van der Waals surface area contributed by atoms with E-state index in [9.17, 15) is 9.90 Å². The molecule has 0 atom stereocenters. The summed E-state index contributed by atoms with van der Waals surface area (Å²) >= 11 is 0. The van der Waals surface area contributed by atoms with Crippen LogP contribution in [-0.4, -0.2) is 32.6 Å². The third-order valence-electron chi connectivity index (χ3n) is 3.40. The molecule has 1 aromatic carbocycles. The number of pyridine rings is 1. The second-order valence-corrected chi connectivity index (χ2v) is 5.42. The van der Waals surface area contributed by atoms with Gasteiger partial charge in [0.05, 0.1) is 11.9 Å². The van der Waals surface area contributed by atoms with Gasteiger partial charge < -0.3 is 15.7 Å². The van der Waals surface area contributed by atoms with Crippen LogP contribution in [0, 0.1) is 6.92 Å². The van der Waals surface area contributed by atoms with Gasteiger partial charge in [0, 0.05) is 6.54 Å². The summed E-state index contributed by atoms with van der Waals surface area (Å²) in [6.45, 7) is 4.25. The minimum Gasteiger partial charge on any atom is -0.506 e. The first kappa shape index (κ1) is 16.4. The lowest BCUT2D eigenvalue weighted by atomic mass is 10.2. The van der Waals surface area contributed by atoms with E-state index in [1.54, 1.807) is 30.5 Å². The van der Waals surface area contributed by atoms with E-state index in [1.165, 1.54) is 0 Å². The zero-order valence-corrected chi connectivity index (χ0v) is 13.9. The highest BCUT2D eigenvalue weighted by Crippen LogP contribution is 2.27. The van der Waals surface area contributed by atoms with Crippen molar-refractivity contribution in [2.75, 3.05) is 17.2 Å². The molecule has 128 valence electrons. The highest BCUT2D eigenvalue weighted by molar-refractivity contribution is 5.89.